The Morgan fingerprint density at radius 2 is 1.73 bits per heavy atom. The average molecular weight is 524 g/mol. The summed E-state index contributed by atoms with van der Waals surface area (Å²) in [7, 11) is 1.43. The first-order chi connectivity index (χ1) is 17.8. The molecule has 0 bridgehead atoms. The van der Waals surface area contributed by atoms with Gasteiger partial charge >= 0.3 is 0 Å². The van der Waals surface area contributed by atoms with Gasteiger partial charge in [0.15, 0.2) is 11.5 Å². The fraction of sp³-hybridized carbons (Fsp3) is 0.214. The number of carbonyl (C=O) groups excluding carboxylic acids is 2. The van der Waals surface area contributed by atoms with Crippen LogP contribution >= 0.6 is 11.6 Å². The number of aliphatic hydroxyl groups excluding tert-OH is 1. The molecule has 8 nitrogen and oxygen atoms in total. The molecule has 1 amide bonds. The Hall–Kier alpha value is -4.17. The summed E-state index contributed by atoms with van der Waals surface area (Å²) >= 11 is 6.14. The minimum Gasteiger partial charge on any atom is -0.507 e. The molecule has 0 saturated carbocycles. The highest BCUT2D eigenvalue weighted by molar-refractivity contribution is 6.51. The summed E-state index contributed by atoms with van der Waals surface area (Å²) in [6.45, 7) is 4.31. The number of ketones is 1. The van der Waals surface area contributed by atoms with Crippen LogP contribution in [0.2, 0.25) is 5.02 Å². The van der Waals surface area contributed by atoms with Crippen LogP contribution in [0.1, 0.15) is 31.0 Å². The second kappa shape index (κ2) is 10.8. The molecule has 0 aromatic heterocycles. The van der Waals surface area contributed by atoms with E-state index in [1.807, 2.05) is 6.92 Å². The Bertz CT molecular complexity index is 1380. The summed E-state index contributed by atoms with van der Waals surface area (Å²) in [5, 5.41) is 21.9. The first-order valence-corrected chi connectivity index (χ1v) is 12.0. The second-order valence-electron chi connectivity index (χ2n) is 8.11. The molecule has 1 unspecified atom stereocenters. The number of phenols is 1. The third kappa shape index (κ3) is 4.93. The second-order valence-corrected chi connectivity index (χ2v) is 8.52. The Morgan fingerprint density at radius 3 is 2.43 bits per heavy atom. The molecule has 1 heterocycles. The summed E-state index contributed by atoms with van der Waals surface area (Å²) in [5.74, 6) is -1.19. The molecule has 1 aliphatic rings. The van der Waals surface area contributed by atoms with Crippen molar-refractivity contribution in [2.24, 2.45) is 0 Å². The van der Waals surface area contributed by atoms with Crippen molar-refractivity contribution in [1.82, 2.24) is 0 Å². The molecule has 0 radical (unpaired) electrons. The van der Waals surface area contributed by atoms with E-state index in [9.17, 15) is 19.8 Å². The maximum atomic E-state index is 13.4. The van der Waals surface area contributed by atoms with Gasteiger partial charge in [0.05, 0.1) is 37.0 Å². The van der Waals surface area contributed by atoms with Crippen LogP contribution in [0.3, 0.4) is 0 Å². The topological polar surface area (TPSA) is 106 Å². The van der Waals surface area contributed by atoms with Crippen molar-refractivity contribution in [3.05, 3.63) is 82.4 Å². The summed E-state index contributed by atoms with van der Waals surface area (Å²) < 4.78 is 16.4. The van der Waals surface area contributed by atoms with Gasteiger partial charge in [-0.15, -0.1) is 0 Å². The van der Waals surface area contributed by atoms with Gasteiger partial charge in [-0.1, -0.05) is 23.7 Å². The summed E-state index contributed by atoms with van der Waals surface area (Å²) in [6.07, 6.45) is 0. The number of rotatable bonds is 8. The van der Waals surface area contributed by atoms with Crippen LogP contribution in [-0.4, -0.2) is 42.2 Å². The number of ether oxygens (including phenoxy) is 3. The van der Waals surface area contributed by atoms with Crippen molar-refractivity contribution >= 4 is 34.7 Å². The van der Waals surface area contributed by atoms with E-state index >= 15 is 0 Å². The molecule has 1 fully saturated rings. The van der Waals surface area contributed by atoms with Crippen LogP contribution in [0.4, 0.5) is 5.69 Å². The van der Waals surface area contributed by atoms with Gasteiger partial charge in [-0.25, -0.2) is 0 Å². The van der Waals surface area contributed by atoms with Crippen LogP contribution in [-0.2, 0) is 9.59 Å². The first kappa shape index (κ1) is 25.9. The normalized spacial score (nSPS) is 16.6. The quantitative estimate of drug-likeness (QED) is 0.229. The molecule has 192 valence electrons. The highest BCUT2D eigenvalue weighted by atomic mass is 35.5. The van der Waals surface area contributed by atoms with E-state index in [2.05, 4.69) is 0 Å². The van der Waals surface area contributed by atoms with E-state index in [0.29, 0.717) is 34.4 Å². The van der Waals surface area contributed by atoms with Gasteiger partial charge in [0.2, 0.25) is 0 Å². The lowest BCUT2D eigenvalue weighted by Gasteiger charge is -2.26. The minimum absolute atomic E-state index is 0.0941. The summed E-state index contributed by atoms with van der Waals surface area (Å²) in [4.78, 5) is 28.1. The van der Waals surface area contributed by atoms with Crippen molar-refractivity contribution < 1.29 is 34.0 Å². The van der Waals surface area contributed by atoms with Crippen molar-refractivity contribution in [1.29, 1.82) is 0 Å². The van der Waals surface area contributed by atoms with Gasteiger partial charge < -0.3 is 24.4 Å². The summed E-state index contributed by atoms with van der Waals surface area (Å²) in [5.41, 5.74) is 0.960. The van der Waals surface area contributed by atoms with Crippen LogP contribution in [0.15, 0.2) is 66.2 Å². The van der Waals surface area contributed by atoms with Gasteiger partial charge in [0.1, 0.15) is 17.3 Å². The number of hydrogen-bond acceptors (Lipinski definition) is 7. The van der Waals surface area contributed by atoms with E-state index in [1.165, 1.54) is 36.3 Å². The average Bonchev–Trinajstić information content (AvgIpc) is 3.16. The molecule has 9 heteroatoms. The number of hydrogen-bond donors (Lipinski definition) is 2. The molecule has 2 N–H and O–H groups in total. The molecule has 1 atom stereocenters. The Kier molecular flexibility index (Phi) is 7.59. The highest BCUT2D eigenvalue weighted by Crippen LogP contribution is 2.45. The molecule has 3 aromatic carbocycles. The van der Waals surface area contributed by atoms with Crippen molar-refractivity contribution in [2.75, 3.05) is 25.2 Å². The van der Waals surface area contributed by atoms with Crippen LogP contribution in [0.5, 0.6) is 23.0 Å². The zero-order valence-electron chi connectivity index (χ0n) is 20.5. The van der Waals surface area contributed by atoms with E-state index in [-0.39, 0.29) is 29.2 Å². The lowest BCUT2D eigenvalue weighted by Crippen LogP contribution is -2.29. The molecule has 0 aliphatic carbocycles. The van der Waals surface area contributed by atoms with Crippen LogP contribution in [0, 0.1) is 0 Å². The number of methoxy groups -OCH3 is 1. The monoisotopic (exact) mass is 523 g/mol. The number of Topliss-reactive ketones (excluding diaryl/α,β-unsaturated/α-hetero) is 1. The molecule has 4 rings (SSSR count). The maximum Gasteiger partial charge on any atom is 0.300 e. The summed E-state index contributed by atoms with van der Waals surface area (Å²) in [6, 6.07) is 14.8. The number of aliphatic hydroxyl groups is 1. The van der Waals surface area contributed by atoms with Gasteiger partial charge in [0.25, 0.3) is 11.7 Å². The lowest BCUT2D eigenvalue weighted by atomic mass is 9.94. The van der Waals surface area contributed by atoms with Crippen LogP contribution in [0.25, 0.3) is 5.76 Å². The van der Waals surface area contributed by atoms with Gasteiger partial charge in [-0.05, 0) is 61.9 Å². The van der Waals surface area contributed by atoms with Gasteiger partial charge in [-0.2, -0.15) is 0 Å². The number of amides is 1. The largest absolute Gasteiger partial charge is 0.507 e. The van der Waals surface area contributed by atoms with Crippen molar-refractivity contribution in [3.8, 4) is 23.0 Å². The molecular weight excluding hydrogens is 498 g/mol. The molecular formula is C28H26ClNO7. The van der Waals surface area contributed by atoms with Gasteiger partial charge in [0, 0.05) is 17.3 Å². The molecule has 1 saturated heterocycles. The molecule has 37 heavy (non-hydrogen) atoms. The Labute approximate surface area is 219 Å². The van der Waals surface area contributed by atoms with E-state index in [1.54, 1.807) is 43.3 Å². The van der Waals surface area contributed by atoms with E-state index in [0.717, 1.165) is 0 Å². The zero-order chi connectivity index (χ0) is 26.7. The number of nitrogens with zero attached hydrogens (tertiary/aromatic N) is 1. The third-order valence-electron chi connectivity index (χ3n) is 5.88. The fourth-order valence-electron chi connectivity index (χ4n) is 4.24. The molecule has 0 spiro atoms. The Balaban J connectivity index is 1.96. The van der Waals surface area contributed by atoms with Crippen molar-refractivity contribution in [2.45, 2.75) is 19.9 Å². The predicted octanol–water partition coefficient (Wildman–Crippen LogP) is 5.48. The van der Waals surface area contributed by atoms with Crippen molar-refractivity contribution in [3.63, 3.8) is 0 Å². The van der Waals surface area contributed by atoms with E-state index < -0.39 is 23.5 Å². The molecule has 3 aromatic rings. The lowest BCUT2D eigenvalue weighted by molar-refractivity contribution is -0.132. The van der Waals surface area contributed by atoms with Crippen LogP contribution < -0.4 is 19.1 Å². The number of phenolic OH excluding ortho intramolecular Hbond substituents is 1. The minimum atomic E-state index is -1.03. The third-order valence-corrected chi connectivity index (χ3v) is 6.19. The zero-order valence-corrected chi connectivity index (χ0v) is 21.3. The number of anilines is 1. The maximum absolute atomic E-state index is 13.4. The van der Waals surface area contributed by atoms with E-state index in [4.69, 9.17) is 25.8 Å². The number of aromatic hydroxyl groups is 1. The first-order valence-electron chi connectivity index (χ1n) is 11.6. The fourth-order valence-corrected chi connectivity index (χ4v) is 4.43. The standard InChI is InChI=1S/C28H26ClNO7/c1-4-36-19-8-6-7-18(15-19)30-25(16-10-12-21(31)23(13-16)37-5-2)24(27(33)28(30)34)26(32)17-9-11-20(29)22(14-17)35-3/h6-15,25,31-32H,4-5H2,1-3H3/b26-24-. The SMILES string of the molecule is CCOc1cccc(N2C(=O)C(=O)/C(=C(\O)c3ccc(Cl)c(OC)c3)C2c2ccc(O)c(OCC)c2)c1. The van der Waals surface area contributed by atoms with Gasteiger partial charge in [-0.3, -0.25) is 14.5 Å². The smallest absolute Gasteiger partial charge is 0.300 e. The number of benzene rings is 3. The Morgan fingerprint density at radius 1 is 0.973 bits per heavy atom. The predicted molar refractivity (Wildman–Crippen MR) is 140 cm³/mol. The molecule has 1 aliphatic heterocycles. The highest BCUT2D eigenvalue weighted by Gasteiger charge is 2.47. The number of halogens is 1. The number of carbonyl (C=O) groups is 2.